The van der Waals surface area contributed by atoms with Gasteiger partial charge in [-0.25, -0.2) is 4.99 Å². The van der Waals surface area contributed by atoms with Crippen molar-refractivity contribution < 1.29 is 4.74 Å². The van der Waals surface area contributed by atoms with Crippen LogP contribution in [-0.4, -0.2) is 32.4 Å². The lowest BCUT2D eigenvalue weighted by Crippen LogP contribution is -2.46. The highest BCUT2D eigenvalue weighted by molar-refractivity contribution is 5.81. The Bertz CT molecular complexity index is 852. The lowest BCUT2D eigenvalue weighted by molar-refractivity contribution is 0.0694. The van der Waals surface area contributed by atoms with Crippen molar-refractivity contribution in [3.05, 3.63) is 41.5 Å². The molecule has 0 amide bonds. The van der Waals surface area contributed by atoms with Crippen molar-refractivity contribution in [1.82, 2.24) is 25.4 Å². The molecule has 1 aliphatic heterocycles. The van der Waals surface area contributed by atoms with Crippen LogP contribution in [0.25, 0.3) is 0 Å². The summed E-state index contributed by atoms with van der Waals surface area (Å²) >= 11 is 0. The molecular weight excluding hydrogens is 340 g/mol. The van der Waals surface area contributed by atoms with Gasteiger partial charge in [0.1, 0.15) is 23.7 Å². The van der Waals surface area contributed by atoms with Gasteiger partial charge in [0.25, 0.3) is 0 Å². The van der Waals surface area contributed by atoms with Crippen molar-refractivity contribution in [3.8, 4) is 5.75 Å². The van der Waals surface area contributed by atoms with Crippen molar-refractivity contribution in [3.63, 3.8) is 0 Å². The minimum atomic E-state index is -0.225. The summed E-state index contributed by atoms with van der Waals surface area (Å²) in [5.74, 6) is 3.53. The van der Waals surface area contributed by atoms with Crippen LogP contribution in [0.5, 0.6) is 5.75 Å². The maximum atomic E-state index is 6.15. The minimum absolute atomic E-state index is 0.149. The largest absolute Gasteiger partial charge is 0.487 e. The third-order valence-corrected chi connectivity index (χ3v) is 5.17. The fourth-order valence-corrected chi connectivity index (χ4v) is 3.39. The van der Waals surface area contributed by atoms with Gasteiger partial charge in [-0.15, -0.1) is 10.2 Å². The van der Waals surface area contributed by atoms with Gasteiger partial charge in [-0.3, -0.25) is 0 Å². The Balaban J connectivity index is 1.56. The monoisotopic (exact) mass is 368 g/mol. The van der Waals surface area contributed by atoms with Crippen LogP contribution in [0.1, 0.15) is 56.4 Å². The Hall–Kier alpha value is -2.57. The van der Waals surface area contributed by atoms with Crippen LogP contribution in [-0.2, 0) is 13.6 Å². The maximum Gasteiger partial charge on any atom is 0.192 e. The highest BCUT2D eigenvalue weighted by Crippen LogP contribution is 2.39. The van der Waals surface area contributed by atoms with Gasteiger partial charge in [0.15, 0.2) is 11.8 Å². The fourth-order valence-electron chi connectivity index (χ4n) is 3.39. The predicted molar refractivity (Wildman–Crippen MR) is 105 cm³/mol. The van der Waals surface area contributed by atoms with Crippen LogP contribution in [0, 0.1) is 6.92 Å². The highest BCUT2D eigenvalue weighted by atomic mass is 16.5. The van der Waals surface area contributed by atoms with E-state index in [2.05, 4.69) is 46.8 Å². The van der Waals surface area contributed by atoms with E-state index in [1.54, 1.807) is 0 Å². The van der Waals surface area contributed by atoms with Gasteiger partial charge in [-0.1, -0.05) is 18.2 Å². The lowest BCUT2D eigenvalue weighted by Gasteiger charge is -2.38. The third kappa shape index (κ3) is 4.07. The molecule has 2 N–H and O–H groups in total. The first-order chi connectivity index (χ1) is 12.9. The number of para-hydroxylation sites is 1. The highest BCUT2D eigenvalue weighted by Gasteiger charge is 2.34. The minimum Gasteiger partial charge on any atom is -0.487 e. The number of nitrogens with zero attached hydrogens (tertiary/aromatic N) is 4. The number of aryl methyl sites for hydroxylation is 1. The van der Waals surface area contributed by atoms with E-state index in [9.17, 15) is 0 Å². The second kappa shape index (κ2) is 6.87. The number of hydrogen-bond acceptors (Lipinski definition) is 4. The number of aromatic nitrogens is 3. The van der Waals surface area contributed by atoms with Gasteiger partial charge in [-0.05, 0) is 39.7 Å². The SMILES string of the molecule is Cc1nnc(CN=C(NC2CC2)NC2CC(C)(C)Oc3ccccc32)n1C. The summed E-state index contributed by atoms with van der Waals surface area (Å²) in [5, 5.41) is 15.5. The fraction of sp³-hybridized carbons (Fsp3) is 0.550. The number of benzene rings is 1. The number of rotatable bonds is 4. The first kappa shape index (κ1) is 17.8. The van der Waals surface area contributed by atoms with E-state index in [4.69, 9.17) is 9.73 Å². The van der Waals surface area contributed by atoms with Gasteiger partial charge in [0.05, 0.1) is 6.04 Å². The Morgan fingerprint density at radius 3 is 2.74 bits per heavy atom. The molecule has 0 saturated heterocycles. The average molecular weight is 368 g/mol. The molecule has 4 rings (SSSR count). The average Bonchev–Trinajstić information content (AvgIpc) is 3.38. The van der Waals surface area contributed by atoms with Crippen molar-refractivity contribution in [2.45, 2.75) is 64.3 Å². The topological polar surface area (TPSA) is 76.4 Å². The Labute approximate surface area is 160 Å². The van der Waals surface area contributed by atoms with Crippen molar-refractivity contribution in [2.24, 2.45) is 12.0 Å². The second-order valence-electron chi connectivity index (χ2n) is 8.11. The van der Waals surface area contributed by atoms with Crippen LogP contribution in [0.4, 0.5) is 0 Å². The molecule has 27 heavy (non-hydrogen) atoms. The van der Waals surface area contributed by atoms with Crippen LogP contribution in [0.2, 0.25) is 0 Å². The maximum absolute atomic E-state index is 6.15. The van der Waals surface area contributed by atoms with Crippen molar-refractivity contribution in [1.29, 1.82) is 0 Å². The molecule has 0 bridgehead atoms. The molecular formula is C20H28N6O. The molecule has 2 heterocycles. The van der Waals surface area contributed by atoms with Gasteiger partial charge in [0, 0.05) is 25.1 Å². The summed E-state index contributed by atoms with van der Waals surface area (Å²) in [7, 11) is 1.97. The Morgan fingerprint density at radius 1 is 1.26 bits per heavy atom. The molecule has 7 nitrogen and oxygen atoms in total. The number of ether oxygens (including phenoxy) is 1. The number of fused-ring (bicyclic) bond motifs is 1. The van der Waals surface area contributed by atoms with Gasteiger partial charge in [0.2, 0.25) is 0 Å². The first-order valence-corrected chi connectivity index (χ1v) is 9.61. The predicted octanol–water partition coefficient (Wildman–Crippen LogP) is 2.62. The first-order valence-electron chi connectivity index (χ1n) is 9.61. The summed E-state index contributed by atoms with van der Waals surface area (Å²) in [6.07, 6.45) is 3.26. The number of hydrogen-bond donors (Lipinski definition) is 2. The number of guanidine groups is 1. The molecule has 7 heteroatoms. The number of nitrogens with one attached hydrogen (secondary N) is 2. The van der Waals surface area contributed by atoms with E-state index in [0.29, 0.717) is 12.6 Å². The second-order valence-corrected chi connectivity index (χ2v) is 8.11. The van der Waals surface area contributed by atoms with E-state index in [1.807, 2.05) is 30.7 Å². The molecule has 0 spiro atoms. The molecule has 1 aromatic carbocycles. The van der Waals surface area contributed by atoms with Crippen LogP contribution < -0.4 is 15.4 Å². The molecule has 2 aliphatic rings. The standard InChI is InChI=1S/C20H28N6O/c1-13-24-25-18(26(13)4)12-21-19(22-14-9-10-14)23-16-11-20(2,3)27-17-8-6-5-7-15(16)17/h5-8,14,16H,9-12H2,1-4H3,(H2,21,22,23). The molecule has 1 saturated carbocycles. The Morgan fingerprint density at radius 2 is 2.04 bits per heavy atom. The molecule has 144 valence electrons. The van der Waals surface area contributed by atoms with Gasteiger partial charge >= 0.3 is 0 Å². The zero-order valence-electron chi connectivity index (χ0n) is 16.5. The van der Waals surface area contributed by atoms with E-state index in [0.717, 1.165) is 29.8 Å². The quantitative estimate of drug-likeness (QED) is 0.641. The van der Waals surface area contributed by atoms with E-state index in [-0.39, 0.29) is 11.6 Å². The molecule has 2 aromatic rings. The summed E-state index contributed by atoms with van der Waals surface area (Å²) in [5.41, 5.74) is 0.953. The third-order valence-electron chi connectivity index (χ3n) is 5.17. The van der Waals surface area contributed by atoms with Crippen LogP contribution in [0.15, 0.2) is 29.3 Å². The van der Waals surface area contributed by atoms with Crippen molar-refractivity contribution in [2.75, 3.05) is 0 Å². The molecule has 1 aliphatic carbocycles. The summed E-state index contributed by atoms with van der Waals surface area (Å²) in [6, 6.07) is 8.91. The van der Waals surface area contributed by atoms with Crippen LogP contribution in [0.3, 0.4) is 0 Å². The summed E-state index contributed by atoms with van der Waals surface area (Å²) in [4.78, 5) is 4.79. The van der Waals surface area contributed by atoms with Gasteiger partial charge < -0.3 is 19.9 Å². The Kier molecular flexibility index (Phi) is 4.53. The van der Waals surface area contributed by atoms with E-state index < -0.39 is 0 Å². The zero-order valence-corrected chi connectivity index (χ0v) is 16.5. The lowest BCUT2D eigenvalue weighted by atomic mass is 9.90. The summed E-state index contributed by atoms with van der Waals surface area (Å²) < 4.78 is 8.13. The molecule has 1 atom stereocenters. The smallest absolute Gasteiger partial charge is 0.192 e. The summed E-state index contributed by atoms with van der Waals surface area (Å²) in [6.45, 7) is 6.70. The van der Waals surface area contributed by atoms with E-state index >= 15 is 0 Å². The molecule has 1 aromatic heterocycles. The van der Waals surface area contributed by atoms with E-state index in [1.165, 1.54) is 18.4 Å². The normalized spacial score (nSPS) is 21.3. The molecule has 1 unspecified atom stereocenters. The van der Waals surface area contributed by atoms with Gasteiger partial charge in [-0.2, -0.15) is 0 Å². The van der Waals surface area contributed by atoms with Crippen LogP contribution >= 0.6 is 0 Å². The van der Waals surface area contributed by atoms with Crippen molar-refractivity contribution >= 4 is 5.96 Å². The molecule has 1 fully saturated rings. The molecule has 0 radical (unpaired) electrons. The number of aliphatic imine (C=N–C) groups is 1. The zero-order chi connectivity index (χ0) is 19.0.